The summed E-state index contributed by atoms with van der Waals surface area (Å²) in [5.74, 6) is -0.428. The first-order valence-electron chi connectivity index (χ1n) is 9.32. The molecule has 1 fully saturated rings. The van der Waals surface area contributed by atoms with E-state index in [9.17, 15) is 22.8 Å². The highest BCUT2D eigenvalue weighted by molar-refractivity contribution is 7.89. The number of nitrogens with one attached hydrogen (secondary N) is 1. The van der Waals surface area contributed by atoms with Crippen LogP contribution in [0.1, 0.15) is 30.1 Å². The Morgan fingerprint density at radius 2 is 1.83 bits per heavy atom. The van der Waals surface area contributed by atoms with Crippen LogP contribution in [0.5, 0.6) is 0 Å². The minimum atomic E-state index is -3.82. The summed E-state index contributed by atoms with van der Waals surface area (Å²) >= 11 is 0. The lowest BCUT2D eigenvalue weighted by atomic mass is 10.2. The van der Waals surface area contributed by atoms with E-state index < -0.39 is 39.1 Å². The minimum Gasteiger partial charge on any atom is -0.296 e. The number of ketones is 1. The Kier molecular flexibility index (Phi) is 4.70. The Hall–Kier alpha value is -3.11. The highest BCUT2D eigenvalue weighted by Gasteiger charge is 2.41. The van der Waals surface area contributed by atoms with Crippen LogP contribution in [0.15, 0.2) is 57.2 Å². The molecule has 0 unspecified atom stereocenters. The fourth-order valence-corrected chi connectivity index (χ4v) is 4.74. The molecule has 30 heavy (non-hydrogen) atoms. The lowest BCUT2D eigenvalue weighted by molar-refractivity contribution is 0.0969. The van der Waals surface area contributed by atoms with Gasteiger partial charge in [0, 0.05) is 30.5 Å². The van der Waals surface area contributed by atoms with Gasteiger partial charge in [0.25, 0.3) is 5.56 Å². The summed E-state index contributed by atoms with van der Waals surface area (Å²) in [6, 6.07) is 7.03. The molecular formula is C20H20N4O5S. The number of Topliss-reactive ketones (excluding diaryl/α,β-unsaturated/α-hetero) is 1. The predicted molar refractivity (Wildman–Crippen MR) is 110 cm³/mol. The normalized spacial score (nSPS) is 15.3. The fourth-order valence-electron chi connectivity index (χ4n) is 3.25. The van der Waals surface area contributed by atoms with Crippen molar-refractivity contribution in [3.8, 4) is 0 Å². The smallest absolute Gasteiger partial charge is 0.296 e. The molecule has 0 radical (unpaired) electrons. The molecule has 1 saturated carbocycles. The number of fused-ring (bicyclic) bond motifs is 1. The van der Waals surface area contributed by atoms with Crippen molar-refractivity contribution in [2.24, 2.45) is 7.05 Å². The van der Waals surface area contributed by atoms with Gasteiger partial charge < -0.3 is 0 Å². The summed E-state index contributed by atoms with van der Waals surface area (Å²) in [6.07, 6.45) is 4.38. The van der Waals surface area contributed by atoms with E-state index >= 15 is 0 Å². The Morgan fingerprint density at radius 3 is 2.47 bits per heavy atom. The van der Waals surface area contributed by atoms with E-state index in [2.05, 4.69) is 9.71 Å². The number of carbonyl (C=O) groups excluding carboxylic acids is 1. The lowest BCUT2D eigenvalue weighted by Gasteiger charge is -2.14. The molecule has 1 aliphatic rings. The van der Waals surface area contributed by atoms with E-state index in [4.69, 9.17) is 0 Å². The van der Waals surface area contributed by atoms with Crippen LogP contribution in [-0.4, -0.2) is 33.9 Å². The van der Waals surface area contributed by atoms with Gasteiger partial charge in [-0.2, -0.15) is 0 Å². The molecule has 3 aromatic rings. The van der Waals surface area contributed by atoms with Gasteiger partial charge in [0.15, 0.2) is 5.78 Å². The van der Waals surface area contributed by atoms with Gasteiger partial charge in [-0.1, -0.05) is 0 Å². The van der Waals surface area contributed by atoms with E-state index in [0.29, 0.717) is 5.56 Å². The summed E-state index contributed by atoms with van der Waals surface area (Å²) < 4.78 is 30.1. The van der Waals surface area contributed by atoms with Crippen molar-refractivity contribution in [3.63, 3.8) is 0 Å². The van der Waals surface area contributed by atoms with Gasteiger partial charge >= 0.3 is 5.69 Å². The van der Waals surface area contributed by atoms with Crippen LogP contribution in [0.25, 0.3) is 10.9 Å². The maximum absolute atomic E-state index is 13.0. The van der Waals surface area contributed by atoms with Crippen LogP contribution in [-0.2, 0) is 23.6 Å². The van der Waals surface area contributed by atoms with Crippen LogP contribution >= 0.6 is 0 Å². The zero-order valence-corrected chi connectivity index (χ0v) is 17.3. The number of nitrogens with zero attached hydrogens (tertiary/aromatic N) is 3. The molecule has 10 heteroatoms. The van der Waals surface area contributed by atoms with E-state index in [1.165, 1.54) is 54.3 Å². The molecule has 9 nitrogen and oxygen atoms in total. The first kappa shape index (κ1) is 20.2. The molecule has 2 aromatic heterocycles. The average molecular weight is 428 g/mol. The second kappa shape index (κ2) is 6.99. The summed E-state index contributed by atoms with van der Waals surface area (Å²) in [5, 5.41) is 0.0449. The fraction of sp³-hybridized carbons (Fsp3) is 0.300. The van der Waals surface area contributed by atoms with Crippen LogP contribution in [0.2, 0.25) is 0 Å². The van der Waals surface area contributed by atoms with Crippen molar-refractivity contribution in [2.75, 3.05) is 0 Å². The number of aryl methyl sites for hydroxylation is 1. The second-order valence-corrected chi connectivity index (χ2v) is 9.42. The SMILES string of the molecule is Cn1c(=O)n(CC(=O)c2ccncc2)c(=O)c2cc(S(=O)(=O)NC3(C)CC3)ccc21. The van der Waals surface area contributed by atoms with Gasteiger partial charge in [0.2, 0.25) is 10.0 Å². The van der Waals surface area contributed by atoms with Crippen LogP contribution in [0.3, 0.4) is 0 Å². The number of pyridine rings is 1. The van der Waals surface area contributed by atoms with E-state index in [-0.39, 0.29) is 15.8 Å². The van der Waals surface area contributed by atoms with Gasteiger partial charge in [-0.3, -0.25) is 23.7 Å². The van der Waals surface area contributed by atoms with Crippen molar-refractivity contribution in [1.29, 1.82) is 0 Å². The Balaban J connectivity index is 1.81. The quantitative estimate of drug-likeness (QED) is 0.580. The van der Waals surface area contributed by atoms with Crippen molar-refractivity contribution in [3.05, 3.63) is 69.1 Å². The lowest BCUT2D eigenvalue weighted by Crippen LogP contribution is -2.41. The Morgan fingerprint density at radius 1 is 1.17 bits per heavy atom. The topological polar surface area (TPSA) is 120 Å². The molecule has 0 saturated heterocycles. The molecular weight excluding hydrogens is 408 g/mol. The van der Waals surface area contributed by atoms with Crippen LogP contribution in [0, 0.1) is 0 Å². The highest BCUT2D eigenvalue weighted by Crippen LogP contribution is 2.36. The molecule has 1 aromatic carbocycles. The third kappa shape index (κ3) is 3.59. The van der Waals surface area contributed by atoms with Crippen molar-refractivity contribution in [2.45, 2.75) is 36.7 Å². The first-order chi connectivity index (χ1) is 14.1. The maximum Gasteiger partial charge on any atom is 0.331 e. The maximum atomic E-state index is 13.0. The highest BCUT2D eigenvalue weighted by atomic mass is 32.2. The van der Waals surface area contributed by atoms with E-state index in [1.807, 2.05) is 6.92 Å². The summed E-state index contributed by atoms with van der Waals surface area (Å²) in [6.45, 7) is 1.35. The van der Waals surface area contributed by atoms with Gasteiger partial charge in [-0.15, -0.1) is 0 Å². The van der Waals surface area contributed by atoms with Gasteiger partial charge in [0.1, 0.15) is 0 Å². The summed E-state index contributed by atoms with van der Waals surface area (Å²) in [4.78, 5) is 42.0. The standard InChI is InChI=1S/C20H20N4O5S/c1-20(7-8-20)22-30(28,29)14-3-4-16-15(11-14)18(26)24(19(27)23(16)2)12-17(25)13-5-9-21-10-6-13/h3-6,9-11,22H,7-8,12H2,1-2H3. The number of carbonyl (C=O) groups is 1. The Labute approximate surface area is 172 Å². The van der Waals surface area contributed by atoms with E-state index in [1.54, 1.807) is 0 Å². The minimum absolute atomic E-state index is 0.0449. The second-order valence-electron chi connectivity index (χ2n) is 7.74. The predicted octanol–water partition coefficient (Wildman–Crippen LogP) is 0.809. The molecule has 1 aliphatic carbocycles. The number of benzene rings is 1. The molecule has 0 atom stereocenters. The van der Waals surface area contributed by atoms with Crippen LogP contribution in [0.4, 0.5) is 0 Å². The number of aromatic nitrogens is 3. The van der Waals surface area contributed by atoms with Gasteiger partial charge in [-0.05, 0) is 50.1 Å². The summed E-state index contributed by atoms with van der Waals surface area (Å²) in [7, 11) is -2.36. The third-order valence-corrected chi connectivity index (χ3v) is 6.95. The first-order valence-corrected chi connectivity index (χ1v) is 10.8. The molecule has 0 amide bonds. The monoisotopic (exact) mass is 428 g/mol. The molecule has 1 N–H and O–H groups in total. The summed E-state index contributed by atoms with van der Waals surface area (Å²) in [5.41, 5.74) is -1.24. The van der Waals surface area contributed by atoms with Gasteiger partial charge in [0.05, 0.1) is 22.3 Å². The number of rotatable bonds is 6. The molecule has 4 rings (SSSR count). The molecule has 156 valence electrons. The molecule has 0 bridgehead atoms. The molecule has 0 aliphatic heterocycles. The number of hydrogen-bond acceptors (Lipinski definition) is 6. The largest absolute Gasteiger partial charge is 0.331 e. The van der Waals surface area contributed by atoms with Crippen molar-refractivity contribution < 1.29 is 13.2 Å². The van der Waals surface area contributed by atoms with E-state index in [0.717, 1.165) is 17.4 Å². The molecule has 2 heterocycles. The zero-order chi connectivity index (χ0) is 21.7. The third-order valence-electron chi connectivity index (χ3n) is 5.32. The van der Waals surface area contributed by atoms with Crippen molar-refractivity contribution >= 4 is 26.7 Å². The van der Waals surface area contributed by atoms with Crippen molar-refractivity contribution in [1.82, 2.24) is 18.8 Å². The van der Waals surface area contributed by atoms with Crippen LogP contribution < -0.4 is 16.0 Å². The van der Waals surface area contributed by atoms with Gasteiger partial charge in [-0.25, -0.2) is 17.9 Å². The number of hydrogen-bond donors (Lipinski definition) is 1. The Bertz CT molecular complexity index is 1390. The molecule has 0 spiro atoms. The zero-order valence-electron chi connectivity index (χ0n) is 16.5. The average Bonchev–Trinajstić information content (AvgIpc) is 3.45. The number of sulfonamides is 1.